The van der Waals surface area contributed by atoms with Crippen molar-refractivity contribution < 1.29 is 23.2 Å². The third-order valence-electron chi connectivity index (χ3n) is 5.73. The highest BCUT2D eigenvalue weighted by atomic mass is 32.1. The summed E-state index contributed by atoms with van der Waals surface area (Å²) in [6, 6.07) is 9.71. The van der Waals surface area contributed by atoms with Crippen molar-refractivity contribution in [1.82, 2.24) is 15.2 Å². The third-order valence-corrected chi connectivity index (χ3v) is 6.71. The van der Waals surface area contributed by atoms with Gasteiger partial charge in [-0.25, -0.2) is 13.8 Å². The summed E-state index contributed by atoms with van der Waals surface area (Å²) in [7, 11) is 0. The number of carbonyl (C=O) groups excluding carboxylic acids is 3. The Bertz CT molecular complexity index is 1260. The van der Waals surface area contributed by atoms with Gasteiger partial charge in [0.15, 0.2) is 5.13 Å². The molecule has 2 heterocycles. The Hall–Kier alpha value is -3.86. The lowest BCUT2D eigenvalue weighted by atomic mass is 10.1. The van der Waals surface area contributed by atoms with E-state index in [9.17, 15) is 23.2 Å². The van der Waals surface area contributed by atoms with Gasteiger partial charge in [0.1, 0.15) is 22.3 Å². The zero-order valence-electron chi connectivity index (χ0n) is 18.8. The Labute approximate surface area is 204 Å². The van der Waals surface area contributed by atoms with Crippen LogP contribution in [-0.4, -0.2) is 46.6 Å². The largest absolute Gasteiger partial charge is 0.382 e. The van der Waals surface area contributed by atoms with Crippen LogP contribution in [0.5, 0.6) is 0 Å². The molecule has 4 rings (SSSR count). The fourth-order valence-corrected chi connectivity index (χ4v) is 4.83. The molecule has 1 aliphatic rings. The molecule has 3 aromatic rings. The molecule has 0 spiro atoms. The second kappa shape index (κ2) is 10.2. The first-order chi connectivity index (χ1) is 16.7. The van der Waals surface area contributed by atoms with Gasteiger partial charge in [-0.3, -0.25) is 14.4 Å². The molecule has 2 aromatic carbocycles. The van der Waals surface area contributed by atoms with Gasteiger partial charge in [0.2, 0.25) is 11.7 Å². The van der Waals surface area contributed by atoms with Crippen molar-refractivity contribution in [2.75, 3.05) is 24.1 Å². The van der Waals surface area contributed by atoms with Gasteiger partial charge < -0.3 is 21.3 Å². The summed E-state index contributed by atoms with van der Waals surface area (Å²) in [5.74, 6) is -3.25. The number of rotatable bonds is 7. The SMILES string of the molecule is CC(=O)N1CCC[C@H]1CNC(=O)c1ccc(Nc2nc(N)c(C(=O)c3c(F)cccc3F)s2)cc1. The standard InChI is InChI=1S/C24H23F2N5O3S/c1-13(32)31-11-3-4-16(31)12-28-23(34)14-7-9-15(10-8-14)29-24-30-22(27)21(35-24)20(33)19-17(25)5-2-6-18(19)26/h2,5-10,16H,3-4,11-12,27H2,1H3,(H,28,34)(H,29,30)/t16-/m0/s1. The van der Waals surface area contributed by atoms with Crippen LogP contribution in [0.3, 0.4) is 0 Å². The van der Waals surface area contributed by atoms with Gasteiger partial charge in [0.05, 0.1) is 5.56 Å². The van der Waals surface area contributed by atoms with E-state index >= 15 is 0 Å². The van der Waals surface area contributed by atoms with Crippen LogP contribution in [0.4, 0.5) is 25.4 Å². The summed E-state index contributed by atoms with van der Waals surface area (Å²) in [6.45, 7) is 2.62. The summed E-state index contributed by atoms with van der Waals surface area (Å²) in [5.41, 5.74) is 6.15. The van der Waals surface area contributed by atoms with E-state index in [4.69, 9.17) is 5.73 Å². The van der Waals surface area contributed by atoms with E-state index < -0.39 is 23.0 Å². The lowest BCUT2D eigenvalue weighted by Crippen LogP contribution is -2.42. The van der Waals surface area contributed by atoms with Crippen LogP contribution in [-0.2, 0) is 4.79 Å². The predicted molar refractivity (Wildman–Crippen MR) is 129 cm³/mol. The monoisotopic (exact) mass is 499 g/mol. The number of anilines is 3. The van der Waals surface area contributed by atoms with Crippen molar-refractivity contribution >= 4 is 45.6 Å². The molecule has 0 saturated carbocycles. The maximum absolute atomic E-state index is 14.0. The van der Waals surface area contributed by atoms with Crippen LogP contribution in [0, 0.1) is 11.6 Å². The van der Waals surface area contributed by atoms with Crippen LogP contribution >= 0.6 is 11.3 Å². The van der Waals surface area contributed by atoms with Crippen molar-refractivity contribution in [2.24, 2.45) is 0 Å². The number of nitrogens with one attached hydrogen (secondary N) is 2. The zero-order valence-corrected chi connectivity index (χ0v) is 19.6. The molecule has 1 atom stereocenters. The molecule has 1 saturated heterocycles. The number of likely N-dealkylation sites (tertiary alicyclic amines) is 1. The van der Waals surface area contributed by atoms with Crippen LogP contribution in [0.1, 0.15) is 45.4 Å². The molecule has 8 nitrogen and oxygen atoms in total. The first-order valence-corrected chi connectivity index (χ1v) is 11.7. The van der Waals surface area contributed by atoms with Crippen LogP contribution in [0.25, 0.3) is 0 Å². The van der Waals surface area contributed by atoms with Gasteiger partial charge >= 0.3 is 0 Å². The molecule has 1 fully saturated rings. The number of ketones is 1. The Morgan fingerprint density at radius 1 is 1.14 bits per heavy atom. The molecule has 11 heteroatoms. The quantitative estimate of drug-likeness (QED) is 0.427. The number of nitrogens with two attached hydrogens (primary N) is 1. The van der Waals surface area contributed by atoms with Gasteiger partial charge in [0, 0.05) is 37.3 Å². The number of thiazole rings is 1. The number of aromatic nitrogens is 1. The Balaban J connectivity index is 1.40. The van der Waals surface area contributed by atoms with E-state index in [-0.39, 0.29) is 33.7 Å². The van der Waals surface area contributed by atoms with Crippen LogP contribution in [0.15, 0.2) is 42.5 Å². The molecule has 35 heavy (non-hydrogen) atoms. The van der Waals surface area contributed by atoms with E-state index in [1.165, 1.54) is 13.0 Å². The summed E-state index contributed by atoms with van der Waals surface area (Å²) in [6.07, 6.45) is 1.78. The minimum atomic E-state index is -0.979. The van der Waals surface area contributed by atoms with E-state index in [0.29, 0.717) is 24.3 Å². The second-order valence-electron chi connectivity index (χ2n) is 8.08. The molecule has 1 aromatic heterocycles. The van der Waals surface area contributed by atoms with Crippen LogP contribution < -0.4 is 16.4 Å². The van der Waals surface area contributed by atoms with Crippen molar-refractivity contribution in [3.8, 4) is 0 Å². The molecule has 1 aliphatic heterocycles. The van der Waals surface area contributed by atoms with Crippen molar-refractivity contribution in [3.63, 3.8) is 0 Å². The third kappa shape index (κ3) is 5.29. The lowest BCUT2D eigenvalue weighted by molar-refractivity contribution is -0.129. The highest BCUT2D eigenvalue weighted by Gasteiger charge is 2.27. The summed E-state index contributed by atoms with van der Waals surface area (Å²) in [5, 5.41) is 6.09. The maximum Gasteiger partial charge on any atom is 0.251 e. The topological polar surface area (TPSA) is 117 Å². The zero-order chi connectivity index (χ0) is 25.1. The number of hydrogen-bond acceptors (Lipinski definition) is 7. The molecular formula is C24H23F2N5O3S. The van der Waals surface area contributed by atoms with Gasteiger partial charge in [-0.05, 0) is 49.2 Å². The van der Waals surface area contributed by atoms with Gasteiger partial charge in [-0.15, -0.1) is 0 Å². The first-order valence-electron chi connectivity index (χ1n) is 10.9. The van der Waals surface area contributed by atoms with Gasteiger partial charge in [0.25, 0.3) is 5.91 Å². The van der Waals surface area contributed by atoms with Crippen molar-refractivity contribution in [3.05, 3.63) is 70.1 Å². The first kappa shape index (κ1) is 24.3. The highest BCUT2D eigenvalue weighted by molar-refractivity contribution is 7.18. The maximum atomic E-state index is 14.0. The number of carbonyl (C=O) groups is 3. The fraction of sp³-hybridized carbons (Fsp3) is 0.250. The van der Waals surface area contributed by atoms with E-state index in [1.54, 1.807) is 29.2 Å². The molecule has 0 bridgehead atoms. The Kier molecular flexibility index (Phi) is 7.06. The van der Waals surface area contributed by atoms with Crippen molar-refractivity contribution in [1.29, 1.82) is 0 Å². The van der Waals surface area contributed by atoms with Crippen LogP contribution in [0.2, 0.25) is 0 Å². The normalized spacial score (nSPS) is 15.2. The summed E-state index contributed by atoms with van der Waals surface area (Å²) in [4.78, 5) is 42.5. The fourth-order valence-electron chi connectivity index (χ4n) is 3.98. The summed E-state index contributed by atoms with van der Waals surface area (Å²) >= 11 is 0.868. The summed E-state index contributed by atoms with van der Waals surface area (Å²) < 4.78 is 28.0. The molecule has 0 radical (unpaired) electrons. The Morgan fingerprint density at radius 3 is 2.49 bits per heavy atom. The number of nitrogens with zero attached hydrogens (tertiary/aromatic N) is 2. The molecule has 0 aliphatic carbocycles. The van der Waals surface area contributed by atoms with E-state index in [1.807, 2.05) is 0 Å². The number of amides is 2. The van der Waals surface area contributed by atoms with Gasteiger partial charge in [-0.2, -0.15) is 0 Å². The lowest BCUT2D eigenvalue weighted by Gasteiger charge is -2.23. The molecule has 4 N–H and O–H groups in total. The Morgan fingerprint density at radius 2 is 1.83 bits per heavy atom. The number of halogens is 2. The smallest absolute Gasteiger partial charge is 0.251 e. The average Bonchev–Trinajstić information content (AvgIpc) is 3.44. The molecule has 182 valence electrons. The second-order valence-corrected chi connectivity index (χ2v) is 9.08. The van der Waals surface area contributed by atoms with Crippen molar-refractivity contribution in [2.45, 2.75) is 25.8 Å². The van der Waals surface area contributed by atoms with E-state index in [2.05, 4.69) is 15.6 Å². The minimum Gasteiger partial charge on any atom is -0.382 e. The average molecular weight is 500 g/mol. The van der Waals surface area contributed by atoms with E-state index in [0.717, 1.165) is 36.3 Å². The molecule has 0 unspecified atom stereocenters. The number of hydrogen-bond donors (Lipinski definition) is 3. The number of nitrogen functional groups attached to an aromatic ring is 1. The predicted octanol–water partition coefficient (Wildman–Crippen LogP) is 3.72. The van der Waals surface area contributed by atoms with Gasteiger partial charge in [-0.1, -0.05) is 17.4 Å². The molecule has 2 amide bonds. The molecular weight excluding hydrogens is 476 g/mol. The number of benzene rings is 2. The highest BCUT2D eigenvalue weighted by Crippen LogP contribution is 2.31. The minimum absolute atomic E-state index is 0.00231.